The van der Waals surface area contributed by atoms with Crippen LogP contribution in [0.2, 0.25) is 0 Å². The van der Waals surface area contributed by atoms with Crippen LogP contribution in [0.1, 0.15) is 36.8 Å². The van der Waals surface area contributed by atoms with Gasteiger partial charge in [-0.15, -0.1) is 0 Å². The van der Waals surface area contributed by atoms with Crippen LogP contribution < -0.4 is 10.6 Å². The molecule has 2 N–H and O–H groups in total. The van der Waals surface area contributed by atoms with Crippen LogP contribution in [0.15, 0.2) is 18.2 Å². The number of aryl methyl sites for hydroxylation is 2. The zero-order chi connectivity index (χ0) is 18.4. The van der Waals surface area contributed by atoms with E-state index in [2.05, 4.69) is 15.5 Å². The van der Waals surface area contributed by atoms with E-state index >= 15 is 0 Å². The summed E-state index contributed by atoms with van der Waals surface area (Å²) < 4.78 is 0. The van der Waals surface area contributed by atoms with E-state index in [1.165, 1.54) is 0 Å². The Morgan fingerprint density at radius 2 is 1.64 bits per heavy atom. The molecule has 1 fully saturated rings. The summed E-state index contributed by atoms with van der Waals surface area (Å²) in [5.74, 6) is 0.271. The number of anilines is 1. The molecule has 2 rings (SSSR count). The first kappa shape index (κ1) is 19.4. The normalized spacial score (nSPS) is 20.4. The lowest BCUT2D eigenvalue weighted by Crippen LogP contribution is -2.38. The van der Waals surface area contributed by atoms with E-state index in [4.69, 9.17) is 0 Å². The van der Waals surface area contributed by atoms with Gasteiger partial charge in [0, 0.05) is 30.6 Å². The predicted octanol–water partition coefficient (Wildman–Crippen LogP) is 2.73. The summed E-state index contributed by atoms with van der Waals surface area (Å²) in [5.41, 5.74) is 3.11. The van der Waals surface area contributed by atoms with Crippen molar-refractivity contribution in [2.24, 2.45) is 11.8 Å². The molecule has 0 spiro atoms. The topological polar surface area (TPSA) is 61.4 Å². The molecule has 0 unspecified atom stereocenters. The number of hydrogen-bond donors (Lipinski definition) is 2. The van der Waals surface area contributed by atoms with Crippen molar-refractivity contribution in [2.45, 2.75) is 39.5 Å². The molecule has 0 saturated heterocycles. The molecular weight excluding hydrogens is 314 g/mol. The van der Waals surface area contributed by atoms with E-state index in [1.807, 2.05) is 46.1 Å². The summed E-state index contributed by atoms with van der Waals surface area (Å²) in [6.45, 7) is 5.55. The minimum Gasteiger partial charge on any atom is -0.355 e. The van der Waals surface area contributed by atoms with Crippen molar-refractivity contribution in [1.82, 2.24) is 10.2 Å². The molecule has 0 aliphatic heterocycles. The van der Waals surface area contributed by atoms with E-state index in [-0.39, 0.29) is 23.7 Å². The second kappa shape index (κ2) is 8.99. The third-order valence-electron chi connectivity index (χ3n) is 4.98. The van der Waals surface area contributed by atoms with Gasteiger partial charge < -0.3 is 15.5 Å². The lowest BCUT2D eigenvalue weighted by molar-refractivity contribution is -0.128. The second-order valence-electron chi connectivity index (χ2n) is 7.45. The number of carbonyl (C=O) groups is 2. The third-order valence-corrected chi connectivity index (χ3v) is 4.98. The molecule has 0 aromatic heterocycles. The largest absolute Gasteiger partial charge is 0.355 e. The average Bonchev–Trinajstić information content (AvgIpc) is 2.58. The molecule has 1 aromatic rings. The van der Waals surface area contributed by atoms with Crippen LogP contribution in [0.5, 0.6) is 0 Å². The summed E-state index contributed by atoms with van der Waals surface area (Å²) in [6.07, 6.45) is 3.14. The van der Waals surface area contributed by atoms with Gasteiger partial charge >= 0.3 is 0 Å². The van der Waals surface area contributed by atoms with Gasteiger partial charge in [-0.25, -0.2) is 0 Å². The number of rotatable bonds is 6. The molecule has 138 valence electrons. The first-order valence-corrected chi connectivity index (χ1v) is 9.17. The van der Waals surface area contributed by atoms with Crippen LogP contribution in [0.4, 0.5) is 5.69 Å². The minimum atomic E-state index is 0.00531. The number of hydrogen-bond acceptors (Lipinski definition) is 3. The SMILES string of the molecule is Cc1ccc(C)c(NC(=O)C2CCC(C(=O)NCCN(C)C)CC2)c1. The van der Waals surface area contributed by atoms with Crippen molar-refractivity contribution in [3.05, 3.63) is 29.3 Å². The van der Waals surface area contributed by atoms with E-state index < -0.39 is 0 Å². The van der Waals surface area contributed by atoms with Crippen LogP contribution >= 0.6 is 0 Å². The number of carbonyl (C=O) groups excluding carboxylic acids is 2. The summed E-state index contributed by atoms with van der Waals surface area (Å²) in [6, 6.07) is 6.09. The average molecular weight is 345 g/mol. The highest BCUT2D eigenvalue weighted by atomic mass is 16.2. The standard InChI is InChI=1S/C20H31N3O2/c1-14-5-6-15(2)18(13-14)22-20(25)17-9-7-16(8-10-17)19(24)21-11-12-23(3)4/h5-6,13,16-17H,7-12H2,1-4H3,(H,21,24)(H,22,25). The lowest BCUT2D eigenvalue weighted by atomic mass is 9.81. The molecule has 0 heterocycles. The number of amides is 2. The Morgan fingerprint density at radius 1 is 1.04 bits per heavy atom. The molecule has 1 aliphatic rings. The monoisotopic (exact) mass is 345 g/mol. The first-order chi connectivity index (χ1) is 11.9. The molecule has 2 amide bonds. The number of likely N-dealkylation sites (N-methyl/N-ethyl adjacent to an activating group) is 1. The minimum absolute atomic E-state index is 0.00531. The Hall–Kier alpha value is -1.88. The van der Waals surface area contributed by atoms with Gasteiger partial charge in [0.25, 0.3) is 0 Å². The van der Waals surface area contributed by atoms with Crippen LogP contribution in [0.25, 0.3) is 0 Å². The molecular formula is C20H31N3O2. The number of nitrogens with one attached hydrogen (secondary N) is 2. The quantitative estimate of drug-likeness (QED) is 0.833. The van der Waals surface area contributed by atoms with E-state index in [0.717, 1.165) is 49.0 Å². The lowest BCUT2D eigenvalue weighted by Gasteiger charge is -2.27. The fourth-order valence-corrected chi connectivity index (χ4v) is 3.27. The second-order valence-corrected chi connectivity index (χ2v) is 7.45. The van der Waals surface area contributed by atoms with E-state index in [9.17, 15) is 9.59 Å². The van der Waals surface area contributed by atoms with Gasteiger partial charge in [-0.1, -0.05) is 12.1 Å². The van der Waals surface area contributed by atoms with Crippen molar-refractivity contribution in [2.75, 3.05) is 32.5 Å². The predicted molar refractivity (Wildman–Crippen MR) is 102 cm³/mol. The Kier molecular flexibility index (Phi) is 7.00. The zero-order valence-electron chi connectivity index (χ0n) is 15.9. The maximum Gasteiger partial charge on any atom is 0.227 e. The summed E-state index contributed by atoms with van der Waals surface area (Å²) in [7, 11) is 3.98. The Bertz CT molecular complexity index is 605. The van der Waals surface area contributed by atoms with Gasteiger partial charge in [0.15, 0.2) is 0 Å². The van der Waals surface area contributed by atoms with Crippen molar-refractivity contribution in [3.63, 3.8) is 0 Å². The Morgan fingerprint density at radius 3 is 2.24 bits per heavy atom. The zero-order valence-corrected chi connectivity index (χ0v) is 15.9. The summed E-state index contributed by atoms with van der Waals surface area (Å²) >= 11 is 0. The van der Waals surface area contributed by atoms with Crippen molar-refractivity contribution >= 4 is 17.5 Å². The fourth-order valence-electron chi connectivity index (χ4n) is 3.27. The van der Waals surface area contributed by atoms with Crippen LogP contribution in [-0.4, -0.2) is 43.9 Å². The van der Waals surface area contributed by atoms with Crippen LogP contribution in [-0.2, 0) is 9.59 Å². The van der Waals surface area contributed by atoms with Crippen molar-refractivity contribution in [1.29, 1.82) is 0 Å². The van der Waals surface area contributed by atoms with Crippen LogP contribution in [0.3, 0.4) is 0 Å². The summed E-state index contributed by atoms with van der Waals surface area (Å²) in [5, 5.41) is 6.07. The van der Waals surface area contributed by atoms with E-state index in [0.29, 0.717) is 6.54 Å². The molecule has 5 nitrogen and oxygen atoms in total. The molecule has 0 atom stereocenters. The Balaban J connectivity index is 1.80. The van der Waals surface area contributed by atoms with Gasteiger partial charge in [-0.05, 0) is 70.8 Å². The van der Waals surface area contributed by atoms with Gasteiger partial charge in [0.05, 0.1) is 0 Å². The smallest absolute Gasteiger partial charge is 0.227 e. The molecule has 1 aromatic carbocycles. The Labute approximate surface area is 151 Å². The van der Waals surface area contributed by atoms with Gasteiger partial charge in [0.1, 0.15) is 0 Å². The molecule has 0 radical (unpaired) electrons. The maximum absolute atomic E-state index is 12.5. The molecule has 0 bridgehead atoms. The van der Waals surface area contributed by atoms with E-state index in [1.54, 1.807) is 0 Å². The van der Waals surface area contributed by atoms with Gasteiger partial charge in [-0.2, -0.15) is 0 Å². The van der Waals surface area contributed by atoms with Crippen LogP contribution in [0, 0.1) is 25.7 Å². The highest BCUT2D eigenvalue weighted by Gasteiger charge is 2.29. The molecule has 25 heavy (non-hydrogen) atoms. The van der Waals surface area contributed by atoms with Gasteiger partial charge in [-0.3, -0.25) is 9.59 Å². The molecule has 1 aliphatic carbocycles. The van der Waals surface area contributed by atoms with Gasteiger partial charge in [0.2, 0.25) is 11.8 Å². The third kappa shape index (κ3) is 5.85. The first-order valence-electron chi connectivity index (χ1n) is 9.17. The number of nitrogens with zero attached hydrogens (tertiary/aromatic N) is 1. The fraction of sp³-hybridized carbons (Fsp3) is 0.600. The van der Waals surface area contributed by atoms with Crippen molar-refractivity contribution < 1.29 is 9.59 Å². The maximum atomic E-state index is 12.5. The molecule has 5 heteroatoms. The van der Waals surface area contributed by atoms with Crippen molar-refractivity contribution in [3.8, 4) is 0 Å². The molecule has 1 saturated carbocycles. The highest BCUT2D eigenvalue weighted by Crippen LogP contribution is 2.30. The highest BCUT2D eigenvalue weighted by molar-refractivity contribution is 5.93. The number of benzene rings is 1. The summed E-state index contributed by atoms with van der Waals surface area (Å²) in [4.78, 5) is 26.8.